The number of carbonyl (C=O) groups is 3. The normalized spacial score (nSPS) is 13.8. The van der Waals surface area contributed by atoms with E-state index in [1.165, 1.54) is 0 Å². The van der Waals surface area contributed by atoms with Crippen molar-refractivity contribution in [2.75, 3.05) is 51.6 Å². The number of hydrogen-bond acceptors (Lipinski definition) is 6. The number of benzene rings is 3. The summed E-state index contributed by atoms with van der Waals surface area (Å²) in [6.07, 6.45) is 0.846. The molecule has 1 fully saturated rings. The van der Waals surface area contributed by atoms with E-state index in [0.29, 0.717) is 48.6 Å². The van der Waals surface area contributed by atoms with Crippen LogP contribution in [0.4, 0.5) is 10.5 Å². The van der Waals surface area contributed by atoms with Gasteiger partial charge in [-0.05, 0) is 56.1 Å². The van der Waals surface area contributed by atoms with Crippen molar-refractivity contribution in [2.45, 2.75) is 25.9 Å². The number of nitrogens with zero attached hydrogens (tertiary/aromatic N) is 1. The number of piperidine rings is 1. The molecule has 4 N–H and O–H groups in total. The smallest absolute Gasteiger partial charge is 0.411 e. The first-order valence-corrected chi connectivity index (χ1v) is 14.1. The van der Waals surface area contributed by atoms with Crippen LogP contribution in [-0.4, -0.2) is 75.2 Å². The summed E-state index contributed by atoms with van der Waals surface area (Å²) in [7, 11) is 1.82. The van der Waals surface area contributed by atoms with E-state index in [9.17, 15) is 14.4 Å². The number of anilines is 1. The number of carbonyl (C=O) groups excluding carboxylic acids is 3. The molecule has 0 aliphatic carbocycles. The molecule has 3 amide bonds. The van der Waals surface area contributed by atoms with Crippen molar-refractivity contribution in [3.63, 3.8) is 0 Å². The minimum absolute atomic E-state index is 0.158. The summed E-state index contributed by atoms with van der Waals surface area (Å²) in [5.41, 5.74) is 4.34. The van der Waals surface area contributed by atoms with E-state index in [4.69, 9.17) is 4.74 Å². The third-order valence-electron chi connectivity index (χ3n) is 7.25. The van der Waals surface area contributed by atoms with Gasteiger partial charge in [-0.15, -0.1) is 0 Å². The van der Waals surface area contributed by atoms with Crippen LogP contribution >= 0.6 is 0 Å². The highest BCUT2D eigenvalue weighted by Crippen LogP contribution is 2.28. The van der Waals surface area contributed by atoms with Crippen LogP contribution in [0.15, 0.2) is 72.8 Å². The summed E-state index contributed by atoms with van der Waals surface area (Å²) >= 11 is 0. The number of rotatable bonds is 11. The molecular formula is C32H39N5O4. The molecule has 0 aromatic heterocycles. The highest BCUT2D eigenvalue weighted by Gasteiger charge is 2.23. The number of likely N-dealkylation sites (tertiary alicyclic amines) is 1. The van der Waals surface area contributed by atoms with Gasteiger partial charge < -0.3 is 25.6 Å². The van der Waals surface area contributed by atoms with Gasteiger partial charge in [0.2, 0.25) is 0 Å². The molecule has 4 rings (SSSR count). The Morgan fingerprint density at radius 2 is 1.44 bits per heavy atom. The van der Waals surface area contributed by atoms with Gasteiger partial charge in [0.15, 0.2) is 0 Å². The van der Waals surface area contributed by atoms with E-state index in [2.05, 4.69) is 26.2 Å². The summed E-state index contributed by atoms with van der Waals surface area (Å²) in [6.45, 7) is 5.71. The van der Waals surface area contributed by atoms with Crippen LogP contribution in [0, 0.1) is 6.92 Å². The molecule has 0 saturated carbocycles. The first-order valence-electron chi connectivity index (χ1n) is 14.1. The fraction of sp³-hybridized carbons (Fsp3) is 0.344. The first-order chi connectivity index (χ1) is 20.0. The number of amides is 3. The fourth-order valence-corrected chi connectivity index (χ4v) is 4.95. The van der Waals surface area contributed by atoms with Crippen molar-refractivity contribution >= 4 is 23.6 Å². The van der Waals surface area contributed by atoms with Crippen LogP contribution in [0.25, 0.3) is 11.1 Å². The Hall–Kier alpha value is -4.21. The van der Waals surface area contributed by atoms with Gasteiger partial charge in [0.25, 0.3) is 11.8 Å². The maximum absolute atomic E-state index is 12.8. The molecule has 9 heteroatoms. The lowest BCUT2D eigenvalue weighted by Crippen LogP contribution is -2.42. The van der Waals surface area contributed by atoms with E-state index < -0.39 is 6.09 Å². The van der Waals surface area contributed by atoms with Crippen LogP contribution in [-0.2, 0) is 4.74 Å². The van der Waals surface area contributed by atoms with E-state index >= 15 is 0 Å². The van der Waals surface area contributed by atoms with E-state index in [1.807, 2.05) is 61.6 Å². The molecule has 0 radical (unpaired) electrons. The molecule has 0 spiro atoms. The van der Waals surface area contributed by atoms with Crippen molar-refractivity contribution in [1.82, 2.24) is 20.9 Å². The molecule has 1 heterocycles. The van der Waals surface area contributed by atoms with Gasteiger partial charge in [0.05, 0.1) is 5.69 Å². The number of likely N-dealkylation sites (N-methyl/N-ethyl adjacent to an activating group) is 1. The van der Waals surface area contributed by atoms with Gasteiger partial charge in [0, 0.05) is 56.0 Å². The second-order valence-corrected chi connectivity index (χ2v) is 10.1. The average molecular weight is 558 g/mol. The van der Waals surface area contributed by atoms with Gasteiger partial charge in [-0.3, -0.25) is 14.9 Å². The average Bonchev–Trinajstić information content (AvgIpc) is 2.99. The lowest BCUT2D eigenvalue weighted by atomic mass is 10.0. The van der Waals surface area contributed by atoms with Crippen LogP contribution in [0.3, 0.4) is 0 Å². The third kappa shape index (κ3) is 8.39. The summed E-state index contributed by atoms with van der Waals surface area (Å²) in [4.78, 5) is 40.2. The Morgan fingerprint density at radius 1 is 0.805 bits per heavy atom. The first kappa shape index (κ1) is 29.8. The van der Waals surface area contributed by atoms with Gasteiger partial charge in [-0.25, -0.2) is 4.79 Å². The molecular weight excluding hydrogens is 518 g/mol. The second-order valence-electron chi connectivity index (χ2n) is 10.1. The van der Waals surface area contributed by atoms with Crippen molar-refractivity contribution in [3.05, 3.63) is 89.5 Å². The maximum atomic E-state index is 12.8. The molecule has 1 saturated heterocycles. The number of ether oxygens (including phenoxy) is 1. The quantitative estimate of drug-likeness (QED) is 0.265. The number of nitrogens with one attached hydrogen (secondary N) is 4. The molecule has 216 valence electrons. The second kappa shape index (κ2) is 15.0. The van der Waals surface area contributed by atoms with Crippen LogP contribution in [0.2, 0.25) is 0 Å². The zero-order chi connectivity index (χ0) is 29.0. The molecule has 1 aliphatic rings. The summed E-state index contributed by atoms with van der Waals surface area (Å²) in [6, 6.07) is 22.8. The minimum atomic E-state index is -0.451. The third-order valence-corrected chi connectivity index (χ3v) is 7.25. The Kier molecular flexibility index (Phi) is 10.9. The molecule has 0 bridgehead atoms. The zero-order valence-electron chi connectivity index (χ0n) is 23.7. The molecule has 3 aromatic rings. The minimum Gasteiger partial charge on any atom is -0.446 e. The van der Waals surface area contributed by atoms with Crippen molar-refractivity contribution in [3.8, 4) is 11.1 Å². The summed E-state index contributed by atoms with van der Waals surface area (Å²) in [5, 5.41) is 11.7. The SMILES string of the molecule is CNCCNC(=O)c1cccc(C(=O)NCCN2CCC(OC(=O)Nc3ccccc3-c3ccccc3)CC2)c1C. The predicted molar refractivity (Wildman–Crippen MR) is 161 cm³/mol. The Bertz CT molecular complexity index is 1320. The van der Waals surface area contributed by atoms with Gasteiger partial charge in [-0.1, -0.05) is 54.6 Å². The van der Waals surface area contributed by atoms with E-state index in [-0.39, 0.29) is 17.9 Å². The molecule has 0 unspecified atom stereocenters. The Labute approximate surface area is 241 Å². The zero-order valence-corrected chi connectivity index (χ0v) is 23.7. The lowest BCUT2D eigenvalue weighted by Gasteiger charge is -2.31. The fourth-order valence-electron chi connectivity index (χ4n) is 4.95. The molecule has 1 aliphatic heterocycles. The Balaban J connectivity index is 1.20. The van der Waals surface area contributed by atoms with E-state index in [1.54, 1.807) is 25.1 Å². The van der Waals surface area contributed by atoms with Crippen molar-refractivity contribution in [1.29, 1.82) is 0 Å². The van der Waals surface area contributed by atoms with Crippen molar-refractivity contribution < 1.29 is 19.1 Å². The Morgan fingerprint density at radius 3 is 2.12 bits per heavy atom. The molecule has 41 heavy (non-hydrogen) atoms. The largest absolute Gasteiger partial charge is 0.446 e. The molecule has 0 atom stereocenters. The lowest BCUT2D eigenvalue weighted by molar-refractivity contribution is 0.0587. The maximum Gasteiger partial charge on any atom is 0.411 e. The summed E-state index contributed by atoms with van der Waals surface area (Å²) < 4.78 is 5.73. The van der Waals surface area contributed by atoms with Crippen LogP contribution in [0.1, 0.15) is 39.1 Å². The van der Waals surface area contributed by atoms with Crippen molar-refractivity contribution in [2.24, 2.45) is 0 Å². The standard InChI is InChI=1S/C32H39N5O4/c1-23-26(30(38)34-18-17-33-2)12-8-13-27(23)31(39)35-19-22-37-20-15-25(16-21-37)41-32(40)36-29-14-7-6-11-28(29)24-9-4-3-5-10-24/h3-14,25,33H,15-22H2,1-2H3,(H,34,38)(H,35,39)(H,36,40). The molecule has 3 aromatic carbocycles. The highest BCUT2D eigenvalue weighted by atomic mass is 16.6. The van der Waals surface area contributed by atoms with Gasteiger partial charge in [-0.2, -0.15) is 0 Å². The number of para-hydroxylation sites is 1. The number of hydrogen-bond donors (Lipinski definition) is 4. The monoisotopic (exact) mass is 557 g/mol. The van der Waals surface area contributed by atoms with Gasteiger partial charge in [0.1, 0.15) is 6.10 Å². The van der Waals surface area contributed by atoms with Gasteiger partial charge >= 0.3 is 6.09 Å². The van der Waals surface area contributed by atoms with Crippen LogP contribution in [0.5, 0.6) is 0 Å². The highest BCUT2D eigenvalue weighted by molar-refractivity contribution is 6.02. The summed E-state index contributed by atoms with van der Waals surface area (Å²) in [5.74, 6) is -0.385. The predicted octanol–water partition coefficient (Wildman–Crippen LogP) is 4.05. The van der Waals surface area contributed by atoms with E-state index in [0.717, 1.165) is 37.1 Å². The van der Waals surface area contributed by atoms with Crippen LogP contribution < -0.4 is 21.3 Å². The topological polar surface area (TPSA) is 112 Å². The molecule has 9 nitrogen and oxygen atoms in total.